The summed E-state index contributed by atoms with van der Waals surface area (Å²) in [4.78, 5) is 18.1. The predicted octanol–water partition coefficient (Wildman–Crippen LogP) is 4.89. The molecule has 0 fully saturated rings. The summed E-state index contributed by atoms with van der Waals surface area (Å²) >= 11 is 0. The molecular formula is C25H22N2O3. The first-order valence-electron chi connectivity index (χ1n) is 9.63. The van der Waals surface area contributed by atoms with Crippen molar-refractivity contribution >= 4 is 23.1 Å². The van der Waals surface area contributed by atoms with E-state index in [1.165, 1.54) is 7.11 Å². The second-order valence-corrected chi connectivity index (χ2v) is 7.15. The molecule has 3 aromatic carbocycles. The minimum absolute atomic E-state index is 0.0393. The average Bonchev–Trinajstić information content (AvgIpc) is 2.74. The monoisotopic (exact) mass is 398 g/mol. The molecule has 0 aliphatic rings. The second-order valence-electron chi connectivity index (χ2n) is 7.15. The molecule has 0 saturated carbocycles. The lowest BCUT2D eigenvalue weighted by Gasteiger charge is -2.14. The van der Waals surface area contributed by atoms with E-state index in [1.54, 1.807) is 41.0 Å². The van der Waals surface area contributed by atoms with Gasteiger partial charge in [-0.05, 0) is 55.8 Å². The van der Waals surface area contributed by atoms with Crippen LogP contribution in [0.2, 0.25) is 0 Å². The summed E-state index contributed by atoms with van der Waals surface area (Å²) in [6.07, 6.45) is 3.47. The largest absolute Gasteiger partial charge is 0.504 e. The van der Waals surface area contributed by atoms with Crippen LogP contribution in [-0.4, -0.2) is 21.8 Å². The van der Waals surface area contributed by atoms with Gasteiger partial charge in [0, 0.05) is 5.56 Å². The summed E-state index contributed by atoms with van der Waals surface area (Å²) in [5.41, 5.74) is 3.94. The molecule has 0 aliphatic heterocycles. The highest BCUT2D eigenvalue weighted by molar-refractivity contribution is 5.80. The molecular weight excluding hydrogens is 376 g/mol. The number of para-hydroxylation sites is 2. The van der Waals surface area contributed by atoms with E-state index in [4.69, 9.17) is 9.72 Å². The van der Waals surface area contributed by atoms with Gasteiger partial charge in [0.2, 0.25) is 0 Å². The zero-order chi connectivity index (χ0) is 21.3. The van der Waals surface area contributed by atoms with Crippen LogP contribution in [0.3, 0.4) is 0 Å². The van der Waals surface area contributed by atoms with E-state index in [9.17, 15) is 9.90 Å². The Kier molecular flexibility index (Phi) is 5.11. The predicted molar refractivity (Wildman–Crippen MR) is 120 cm³/mol. The minimum Gasteiger partial charge on any atom is -0.504 e. The fraction of sp³-hybridized carbons (Fsp3) is 0.120. The van der Waals surface area contributed by atoms with Gasteiger partial charge in [0.25, 0.3) is 5.56 Å². The topological polar surface area (TPSA) is 64.3 Å². The van der Waals surface area contributed by atoms with Gasteiger partial charge in [-0.25, -0.2) is 4.98 Å². The Morgan fingerprint density at radius 3 is 2.57 bits per heavy atom. The van der Waals surface area contributed by atoms with Crippen LogP contribution in [0.25, 0.3) is 28.7 Å². The third-order valence-corrected chi connectivity index (χ3v) is 5.06. The normalized spacial score (nSPS) is 11.3. The standard InChI is InChI=1S/C25H22N2O3/c1-16-11-13-21(17(2)15-16)27-23(26-20-9-5-4-8-19(20)25(27)29)14-12-18-7-6-10-22(30-3)24(18)28/h4-15,28H,1-3H3. The van der Waals surface area contributed by atoms with Crippen molar-refractivity contribution < 1.29 is 9.84 Å². The lowest BCUT2D eigenvalue weighted by atomic mass is 10.1. The highest BCUT2D eigenvalue weighted by Gasteiger charge is 2.13. The maximum atomic E-state index is 13.4. The Morgan fingerprint density at radius 2 is 1.80 bits per heavy atom. The molecule has 0 bridgehead atoms. The molecule has 5 heteroatoms. The summed E-state index contributed by atoms with van der Waals surface area (Å²) in [5.74, 6) is 0.903. The Bertz CT molecular complexity index is 1340. The second kappa shape index (κ2) is 7.87. The van der Waals surface area contributed by atoms with Crippen LogP contribution in [0.5, 0.6) is 11.5 Å². The maximum absolute atomic E-state index is 13.4. The van der Waals surface area contributed by atoms with Gasteiger partial charge in [0.05, 0.1) is 23.7 Å². The van der Waals surface area contributed by atoms with Crippen molar-refractivity contribution in [3.05, 3.63) is 93.5 Å². The molecule has 1 N–H and O–H groups in total. The van der Waals surface area contributed by atoms with Crippen LogP contribution in [0.15, 0.2) is 65.5 Å². The van der Waals surface area contributed by atoms with Crippen LogP contribution < -0.4 is 10.3 Å². The third-order valence-electron chi connectivity index (χ3n) is 5.06. The fourth-order valence-electron chi connectivity index (χ4n) is 3.55. The van der Waals surface area contributed by atoms with Crippen LogP contribution in [0, 0.1) is 13.8 Å². The number of phenols is 1. The van der Waals surface area contributed by atoms with Crippen molar-refractivity contribution in [3.8, 4) is 17.2 Å². The van der Waals surface area contributed by atoms with Crippen molar-refractivity contribution in [2.75, 3.05) is 7.11 Å². The number of benzene rings is 3. The van der Waals surface area contributed by atoms with Crippen LogP contribution in [-0.2, 0) is 0 Å². The third kappa shape index (κ3) is 3.46. The van der Waals surface area contributed by atoms with Gasteiger partial charge in [-0.1, -0.05) is 42.0 Å². The van der Waals surface area contributed by atoms with E-state index in [-0.39, 0.29) is 11.3 Å². The Morgan fingerprint density at radius 1 is 1.00 bits per heavy atom. The summed E-state index contributed by atoms with van der Waals surface area (Å²) < 4.78 is 6.80. The summed E-state index contributed by atoms with van der Waals surface area (Å²) in [6, 6.07) is 18.5. The minimum atomic E-state index is -0.137. The Hall–Kier alpha value is -3.86. The van der Waals surface area contributed by atoms with Gasteiger partial charge in [0.15, 0.2) is 11.5 Å². The highest BCUT2D eigenvalue weighted by Crippen LogP contribution is 2.30. The molecule has 4 rings (SSSR count). The molecule has 0 atom stereocenters. The van der Waals surface area contributed by atoms with Gasteiger partial charge < -0.3 is 9.84 Å². The van der Waals surface area contributed by atoms with Crippen LogP contribution in [0.1, 0.15) is 22.5 Å². The molecule has 0 saturated heterocycles. The van der Waals surface area contributed by atoms with Gasteiger partial charge in [-0.15, -0.1) is 0 Å². The average molecular weight is 398 g/mol. The first kappa shape index (κ1) is 19.5. The number of fused-ring (bicyclic) bond motifs is 1. The van der Waals surface area contributed by atoms with Gasteiger partial charge in [-0.3, -0.25) is 9.36 Å². The molecule has 4 aromatic rings. The lowest BCUT2D eigenvalue weighted by molar-refractivity contribution is 0.373. The van der Waals surface area contributed by atoms with Crippen molar-refractivity contribution in [1.29, 1.82) is 0 Å². The number of aromatic nitrogens is 2. The SMILES string of the molecule is COc1cccc(C=Cc2nc3ccccc3c(=O)n2-c2ccc(C)cc2C)c1O. The van der Waals surface area contributed by atoms with Crippen LogP contribution in [0.4, 0.5) is 0 Å². The quantitative estimate of drug-likeness (QED) is 0.532. The molecule has 150 valence electrons. The number of aromatic hydroxyl groups is 1. The fourth-order valence-corrected chi connectivity index (χ4v) is 3.55. The summed E-state index contributed by atoms with van der Waals surface area (Å²) in [5, 5.41) is 10.9. The molecule has 0 unspecified atom stereocenters. The molecule has 0 amide bonds. The zero-order valence-electron chi connectivity index (χ0n) is 17.1. The van der Waals surface area contributed by atoms with E-state index in [2.05, 4.69) is 0 Å². The van der Waals surface area contributed by atoms with Gasteiger partial charge in [0.1, 0.15) is 5.82 Å². The molecule has 0 aliphatic carbocycles. The number of hydrogen-bond acceptors (Lipinski definition) is 4. The van der Waals surface area contributed by atoms with E-state index in [1.807, 2.05) is 50.2 Å². The molecule has 5 nitrogen and oxygen atoms in total. The Balaban J connectivity index is 1.96. The molecule has 1 heterocycles. The number of hydrogen-bond donors (Lipinski definition) is 1. The number of phenolic OH excluding ortho intramolecular Hbond substituents is 1. The van der Waals surface area contributed by atoms with Crippen molar-refractivity contribution in [1.82, 2.24) is 9.55 Å². The first-order chi connectivity index (χ1) is 14.5. The number of nitrogens with zero attached hydrogens (tertiary/aromatic N) is 2. The van der Waals surface area contributed by atoms with Gasteiger partial charge in [-0.2, -0.15) is 0 Å². The highest BCUT2D eigenvalue weighted by atomic mass is 16.5. The summed E-state index contributed by atoms with van der Waals surface area (Å²) in [7, 11) is 1.51. The number of rotatable bonds is 4. The van der Waals surface area contributed by atoms with Crippen LogP contribution >= 0.6 is 0 Å². The van der Waals surface area contributed by atoms with E-state index in [0.29, 0.717) is 28.0 Å². The first-order valence-corrected chi connectivity index (χ1v) is 9.63. The maximum Gasteiger partial charge on any atom is 0.266 e. The zero-order valence-corrected chi connectivity index (χ0v) is 17.1. The summed E-state index contributed by atoms with van der Waals surface area (Å²) in [6.45, 7) is 4.00. The molecule has 0 spiro atoms. The van der Waals surface area contributed by atoms with Crippen molar-refractivity contribution in [3.63, 3.8) is 0 Å². The van der Waals surface area contributed by atoms with Gasteiger partial charge >= 0.3 is 0 Å². The number of aryl methyl sites for hydroxylation is 2. The lowest BCUT2D eigenvalue weighted by Crippen LogP contribution is -2.23. The van der Waals surface area contributed by atoms with Crippen molar-refractivity contribution in [2.24, 2.45) is 0 Å². The number of ether oxygens (including phenoxy) is 1. The Labute approximate surface area is 174 Å². The molecule has 0 radical (unpaired) electrons. The smallest absolute Gasteiger partial charge is 0.266 e. The molecule has 30 heavy (non-hydrogen) atoms. The van der Waals surface area contributed by atoms with E-state index in [0.717, 1.165) is 16.8 Å². The molecule has 1 aromatic heterocycles. The van der Waals surface area contributed by atoms with E-state index < -0.39 is 0 Å². The number of methoxy groups -OCH3 is 1. The van der Waals surface area contributed by atoms with Crippen molar-refractivity contribution in [2.45, 2.75) is 13.8 Å². The van der Waals surface area contributed by atoms with E-state index >= 15 is 0 Å².